The molecule has 3 N–H and O–H groups in total. The van der Waals surface area contributed by atoms with Gasteiger partial charge in [-0.3, -0.25) is 19.8 Å². The van der Waals surface area contributed by atoms with Crippen LogP contribution in [-0.2, 0) is 17.9 Å². The van der Waals surface area contributed by atoms with Crippen LogP contribution < -0.4 is 10.1 Å². The molecule has 0 aromatic heterocycles. The first-order valence-electron chi connectivity index (χ1n) is 11.0. The molecule has 2 amide bonds. The number of Topliss-reactive ketones (excluding diaryl/α,β-unsaturated/α-hetero) is 1. The maximum absolute atomic E-state index is 13.1. The van der Waals surface area contributed by atoms with E-state index in [1.54, 1.807) is 43.1 Å². The smallest absolute Gasteiger partial charge is 0.254 e. The summed E-state index contributed by atoms with van der Waals surface area (Å²) in [6.45, 7) is 5.83. The predicted molar refractivity (Wildman–Crippen MR) is 128 cm³/mol. The third-order valence-corrected chi connectivity index (χ3v) is 5.89. The number of ketones is 1. The van der Waals surface area contributed by atoms with E-state index in [1.807, 2.05) is 6.92 Å². The van der Waals surface area contributed by atoms with Gasteiger partial charge in [0.25, 0.3) is 5.91 Å². The number of hydrogen-bond donors (Lipinski definition) is 3. The van der Waals surface area contributed by atoms with Gasteiger partial charge >= 0.3 is 0 Å². The van der Waals surface area contributed by atoms with Crippen LogP contribution in [0.2, 0.25) is 0 Å². The Hall–Kier alpha value is -3.88. The van der Waals surface area contributed by atoms with E-state index in [-0.39, 0.29) is 42.3 Å². The molecule has 1 aliphatic heterocycles. The lowest BCUT2D eigenvalue weighted by Crippen LogP contribution is -2.30. The Morgan fingerprint density at radius 3 is 2.56 bits per heavy atom. The van der Waals surface area contributed by atoms with Gasteiger partial charge in [0.15, 0.2) is 5.78 Å². The fraction of sp³-hybridized carbons (Fsp3) is 0.360. The van der Waals surface area contributed by atoms with E-state index in [9.17, 15) is 19.5 Å². The molecule has 0 atom stereocenters. The molecule has 0 fully saturated rings. The van der Waals surface area contributed by atoms with Crippen LogP contribution in [0.15, 0.2) is 24.3 Å². The number of rotatable bonds is 8. The zero-order valence-electron chi connectivity index (χ0n) is 20.1. The van der Waals surface area contributed by atoms with Crippen molar-refractivity contribution in [3.63, 3.8) is 0 Å². The average Bonchev–Trinajstić information content (AvgIpc) is 3.09. The summed E-state index contributed by atoms with van der Waals surface area (Å²) in [5, 5.41) is 21.6. The number of benzene rings is 2. The fourth-order valence-corrected chi connectivity index (χ4v) is 3.92. The summed E-state index contributed by atoms with van der Waals surface area (Å²) < 4.78 is 5.62. The van der Waals surface area contributed by atoms with E-state index in [4.69, 9.17) is 10.1 Å². The van der Waals surface area contributed by atoms with Crippen LogP contribution in [0.5, 0.6) is 11.5 Å². The molecule has 9 nitrogen and oxygen atoms in total. The van der Waals surface area contributed by atoms with Crippen molar-refractivity contribution in [1.29, 1.82) is 5.41 Å². The molecule has 2 aromatic rings. The van der Waals surface area contributed by atoms with Gasteiger partial charge in [-0.15, -0.1) is 0 Å². The van der Waals surface area contributed by atoms with Gasteiger partial charge in [-0.25, -0.2) is 0 Å². The second-order valence-electron chi connectivity index (χ2n) is 8.32. The summed E-state index contributed by atoms with van der Waals surface area (Å²) in [5.74, 6) is -0.0329. The number of nitrogens with zero attached hydrogens (tertiary/aromatic N) is 2. The van der Waals surface area contributed by atoms with Gasteiger partial charge in [-0.1, -0.05) is 0 Å². The van der Waals surface area contributed by atoms with Crippen LogP contribution in [0.25, 0.3) is 0 Å². The number of amides is 2. The molecule has 0 spiro atoms. The molecule has 0 bridgehead atoms. The highest BCUT2D eigenvalue weighted by atomic mass is 16.5. The van der Waals surface area contributed by atoms with Crippen LogP contribution in [0.3, 0.4) is 0 Å². The van der Waals surface area contributed by atoms with Gasteiger partial charge in [0.1, 0.15) is 17.3 Å². The van der Waals surface area contributed by atoms with Gasteiger partial charge in [0.05, 0.1) is 18.7 Å². The number of aryl methyl sites for hydroxylation is 1. The molecule has 1 heterocycles. The van der Waals surface area contributed by atoms with Crippen LogP contribution in [0, 0.1) is 12.3 Å². The van der Waals surface area contributed by atoms with Gasteiger partial charge in [-0.2, -0.15) is 0 Å². The molecule has 0 saturated carbocycles. The summed E-state index contributed by atoms with van der Waals surface area (Å²) in [6.07, 6.45) is 0. The van der Waals surface area contributed by atoms with Crippen molar-refractivity contribution in [2.45, 2.75) is 33.9 Å². The molecule has 0 saturated heterocycles. The first-order valence-corrected chi connectivity index (χ1v) is 11.0. The predicted octanol–water partition coefficient (Wildman–Crippen LogP) is 2.46. The second-order valence-corrected chi connectivity index (χ2v) is 8.32. The molecular weight excluding hydrogens is 436 g/mol. The fourth-order valence-electron chi connectivity index (χ4n) is 3.92. The molecule has 9 heteroatoms. The molecule has 0 aliphatic carbocycles. The van der Waals surface area contributed by atoms with Crippen molar-refractivity contribution in [3.8, 4) is 11.5 Å². The van der Waals surface area contributed by atoms with E-state index in [1.165, 1.54) is 18.9 Å². The van der Waals surface area contributed by atoms with Crippen molar-refractivity contribution >= 4 is 23.4 Å². The summed E-state index contributed by atoms with van der Waals surface area (Å²) in [7, 11) is 3.15. The number of ether oxygens (including phenoxy) is 1. The number of phenolic OH excluding ortho intramolecular Hbond substituents is 1. The maximum Gasteiger partial charge on any atom is 0.254 e. The van der Waals surface area contributed by atoms with E-state index < -0.39 is 0 Å². The SMILES string of the molecule is CCOc1cc2c(cc1C(=O)NC)C(=N)N(CC(=O)c1cc(C)c(O)c(CN(C)C(C)=O)c1)C2. The van der Waals surface area contributed by atoms with E-state index in [2.05, 4.69) is 5.32 Å². The third-order valence-electron chi connectivity index (χ3n) is 5.89. The molecule has 0 radical (unpaired) electrons. The minimum Gasteiger partial charge on any atom is -0.507 e. The lowest BCUT2D eigenvalue weighted by molar-refractivity contribution is -0.128. The lowest BCUT2D eigenvalue weighted by Gasteiger charge is -2.19. The molecule has 34 heavy (non-hydrogen) atoms. The topological polar surface area (TPSA) is 123 Å². The third kappa shape index (κ3) is 4.88. The van der Waals surface area contributed by atoms with Crippen molar-refractivity contribution in [3.05, 3.63) is 57.6 Å². The standard InChI is InChI=1S/C25H30N4O5/c1-6-34-22-9-17-12-29(24(26)19(17)10-20(22)25(33)27-4)13-21(31)16-7-14(2)23(32)18(8-16)11-28(5)15(3)30/h7-10,26,32H,6,11-13H2,1-5H3,(H,27,33). The summed E-state index contributed by atoms with van der Waals surface area (Å²) in [6, 6.07) is 6.58. The van der Waals surface area contributed by atoms with Crippen LogP contribution >= 0.6 is 0 Å². The van der Waals surface area contributed by atoms with Crippen molar-refractivity contribution in [1.82, 2.24) is 15.1 Å². The van der Waals surface area contributed by atoms with E-state index >= 15 is 0 Å². The van der Waals surface area contributed by atoms with Gasteiger partial charge < -0.3 is 25.0 Å². The Kier molecular flexibility index (Phi) is 7.24. The Bertz CT molecular complexity index is 1170. The Labute approximate surface area is 198 Å². The minimum atomic E-state index is -0.309. The second kappa shape index (κ2) is 9.94. The monoisotopic (exact) mass is 466 g/mol. The Morgan fingerprint density at radius 1 is 1.24 bits per heavy atom. The lowest BCUT2D eigenvalue weighted by atomic mass is 10.0. The highest BCUT2D eigenvalue weighted by Gasteiger charge is 2.29. The van der Waals surface area contributed by atoms with Crippen molar-refractivity contribution in [2.75, 3.05) is 27.2 Å². The zero-order chi connectivity index (χ0) is 25.2. The number of phenols is 1. The number of aromatic hydroxyl groups is 1. The van der Waals surface area contributed by atoms with Gasteiger partial charge in [0, 0.05) is 50.8 Å². The van der Waals surface area contributed by atoms with Crippen LogP contribution in [-0.4, -0.2) is 65.6 Å². The average molecular weight is 467 g/mol. The zero-order valence-corrected chi connectivity index (χ0v) is 20.1. The largest absolute Gasteiger partial charge is 0.507 e. The number of fused-ring (bicyclic) bond motifs is 1. The number of carbonyl (C=O) groups excluding carboxylic acids is 3. The molecule has 1 aliphatic rings. The van der Waals surface area contributed by atoms with Crippen molar-refractivity contribution in [2.24, 2.45) is 0 Å². The van der Waals surface area contributed by atoms with Gasteiger partial charge in [0.2, 0.25) is 5.91 Å². The van der Waals surface area contributed by atoms with Crippen molar-refractivity contribution < 1.29 is 24.2 Å². The highest BCUT2D eigenvalue weighted by molar-refractivity contribution is 6.07. The Morgan fingerprint density at radius 2 is 1.94 bits per heavy atom. The molecule has 180 valence electrons. The summed E-state index contributed by atoms with van der Waals surface area (Å²) in [5.41, 5.74) is 3.15. The van der Waals surface area contributed by atoms with Gasteiger partial charge in [-0.05, 0) is 49.2 Å². The van der Waals surface area contributed by atoms with Crippen LogP contribution in [0.4, 0.5) is 0 Å². The maximum atomic E-state index is 13.1. The molecule has 0 unspecified atom stereocenters. The highest BCUT2D eigenvalue weighted by Crippen LogP contribution is 2.31. The minimum absolute atomic E-state index is 0.0427. The molecular formula is C25H30N4O5. The summed E-state index contributed by atoms with van der Waals surface area (Å²) in [4.78, 5) is 40.1. The van der Waals surface area contributed by atoms with Crippen LogP contribution in [0.1, 0.15) is 56.8 Å². The molecule has 2 aromatic carbocycles. The van der Waals surface area contributed by atoms with E-state index in [0.29, 0.717) is 46.7 Å². The normalized spacial score (nSPS) is 12.4. The summed E-state index contributed by atoms with van der Waals surface area (Å²) >= 11 is 0. The number of carbonyl (C=O) groups is 3. The van der Waals surface area contributed by atoms with E-state index in [0.717, 1.165) is 5.56 Å². The first kappa shape index (κ1) is 24.8. The number of nitrogens with one attached hydrogen (secondary N) is 2. The number of hydrogen-bond acceptors (Lipinski definition) is 6. The quantitative estimate of drug-likeness (QED) is 0.514. The Balaban J connectivity index is 1.85. The first-order chi connectivity index (χ1) is 16.1. The molecule has 3 rings (SSSR count). The number of amidine groups is 1.